The van der Waals surface area contributed by atoms with E-state index < -0.39 is 0 Å². The van der Waals surface area contributed by atoms with E-state index in [2.05, 4.69) is 4.74 Å². The molecule has 4 heteroatoms. The fourth-order valence-corrected chi connectivity index (χ4v) is 1.84. The summed E-state index contributed by atoms with van der Waals surface area (Å²) >= 11 is 0. The van der Waals surface area contributed by atoms with Gasteiger partial charge in [-0.15, -0.1) is 0 Å². The molecule has 0 spiro atoms. The van der Waals surface area contributed by atoms with Crippen LogP contribution in [0.5, 0.6) is 0 Å². The number of benzene rings is 1. The van der Waals surface area contributed by atoms with Gasteiger partial charge in [0.1, 0.15) is 0 Å². The number of carbonyl (C=O) groups excluding carboxylic acids is 2. The second-order valence-corrected chi connectivity index (χ2v) is 4.19. The first kappa shape index (κ1) is 16.0. The maximum absolute atomic E-state index is 11.4. The summed E-state index contributed by atoms with van der Waals surface area (Å²) < 4.78 is 9.35. The van der Waals surface area contributed by atoms with Gasteiger partial charge in [-0.05, 0) is 31.1 Å². The Bertz CT molecular complexity index is 503. The van der Waals surface area contributed by atoms with Crippen LogP contribution in [0.1, 0.15) is 31.9 Å². The van der Waals surface area contributed by atoms with E-state index in [4.69, 9.17) is 4.74 Å². The molecule has 0 N–H and O–H groups in total. The Kier molecular flexibility index (Phi) is 6.50. The van der Waals surface area contributed by atoms with Crippen molar-refractivity contribution >= 4 is 18.0 Å². The highest BCUT2D eigenvalue weighted by molar-refractivity contribution is 5.96. The standard InChI is InChI=1S/C12H12O2.C4H8O2/c1-2-14-12(13)11-7-9-5-3-4-6-10(9)8-11;1-3-6-4(2)5/h3-7H,2,8H2,1H3;3H2,1-2H3. The van der Waals surface area contributed by atoms with Gasteiger partial charge < -0.3 is 9.47 Å². The highest BCUT2D eigenvalue weighted by atomic mass is 16.5. The molecule has 0 aliphatic heterocycles. The number of hydrogen-bond acceptors (Lipinski definition) is 4. The molecule has 0 amide bonds. The molecule has 0 heterocycles. The molecule has 0 radical (unpaired) electrons. The lowest BCUT2D eigenvalue weighted by Crippen LogP contribution is -2.07. The molecule has 1 aliphatic carbocycles. The second-order valence-electron chi connectivity index (χ2n) is 4.19. The molecule has 4 nitrogen and oxygen atoms in total. The number of fused-ring (bicyclic) bond motifs is 1. The summed E-state index contributed by atoms with van der Waals surface area (Å²) in [6, 6.07) is 8.02. The largest absolute Gasteiger partial charge is 0.466 e. The highest BCUT2D eigenvalue weighted by Crippen LogP contribution is 2.25. The third-order valence-electron chi connectivity index (χ3n) is 2.65. The zero-order chi connectivity index (χ0) is 15.0. The van der Waals surface area contributed by atoms with Crippen LogP contribution in [0.2, 0.25) is 0 Å². The highest BCUT2D eigenvalue weighted by Gasteiger charge is 2.18. The van der Waals surface area contributed by atoms with E-state index in [1.807, 2.05) is 37.3 Å². The Hall–Kier alpha value is -2.10. The van der Waals surface area contributed by atoms with Gasteiger partial charge in [0.05, 0.1) is 13.2 Å². The number of esters is 2. The fraction of sp³-hybridized carbons (Fsp3) is 0.375. The molecule has 1 aliphatic rings. The van der Waals surface area contributed by atoms with E-state index in [0.29, 0.717) is 19.6 Å². The lowest BCUT2D eigenvalue weighted by molar-refractivity contribution is -0.140. The normalized spacial score (nSPS) is 11.7. The zero-order valence-electron chi connectivity index (χ0n) is 12.1. The van der Waals surface area contributed by atoms with Crippen LogP contribution in [-0.4, -0.2) is 25.2 Å². The molecule has 0 fully saturated rings. The first-order valence-corrected chi connectivity index (χ1v) is 6.67. The van der Waals surface area contributed by atoms with E-state index >= 15 is 0 Å². The summed E-state index contributed by atoms with van der Waals surface area (Å²) in [7, 11) is 0. The third kappa shape index (κ3) is 4.88. The fourth-order valence-electron chi connectivity index (χ4n) is 1.84. The van der Waals surface area contributed by atoms with Crippen LogP contribution in [0.15, 0.2) is 29.8 Å². The predicted octanol–water partition coefficient (Wildman–Crippen LogP) is 2.76. The molecular weight excluding hydrogens is 256 g/mol. The Morgan fingerprint density at radius 3 is 2.25 bits per heavy atom. The Morgan fingerprint density at radius 1 is 1.10 bits per heavy atom. The van der Waals surface area contributed by atoms with Gasteiger partial charge in [-0.25, -0.2) is 4.79 Å². The van der Waals surface area contributed by atoms with Crippen LogP contribution < -0.4 is 0 Å². The molecule has 108 valence electrons. The van der Waals surface area contributed by atoms with Crippen LogP contribution in [0.25, 0.3) is 6.08 Å². The molecule has 20 heavy (non-hydrogen) atoms. The molecule has 2 rings (SSSR count). The van der Waals surface area contributed by atoms with Crippen LogP contribution in [0.4, 0.5) is 0 Å². The van der Waals surface area contributed by atoms with E-state index in [1.165, 1.54) is 12.5 Å². The van der Waals surface area contributed by atoms with Crippen LogP contribution >= 0.6 is 0 Å². The van der Waals surface area contributed by atoms with E-state index in [1.54, 1.807) is 6.92 Å². The summed E-state index contributed by atoms with van der Waals surface area (Å²) in [6.07, 6.45) is 2.61. The van der Waals surface area contributed by atoms with Gasteiger partial charge >= 0.3 is 11.9 Å². The molecule has 1 aromatic rings. The third-order valence-corrected chi connectivity index (χ3v) is 2.65. The lowest BCUT2D eigenvalue weighted by atomic mass is 10.1. The van der Waals surface area contributed by atoms with Gasteiger partial charge in [-0.2, -0.15) is 0 Å². The average Bonchev–Trinajstić information content (AvgIpc) is 2.83. The van der Waals surface area contributed by atoms with Gasteiger partial charge in [-0.1, -0.05) is 24.3 Å². The predicted molar refractivity (Wildman–Crippen MR) is 77.1 cm³/mol. The van der Waals surface area contributed by atoms with E-state index in [9.17, 15) is 9.59 Å². The minimum absolute atomic E-state index is 0.191. The summed E-state index contributed by atoms with van der Waals surface area (Å²) in [5.74, 6) is -0.402. The average molecular weight is 276 g/mol. The van der Waals surface area contributed by atoms with Crippen molar-refractivity contribution in [3.05, 3.63) is 41.0 Å². The smallest absolute Gasteiger partial charge is 0.334 e. The summed E-state index contributed by atoms with van der Waals surface area (Å²) in [5, 5.41) is 0. The molecule has 0 saturated heterocycles. The van der Waals surface area contributed by atoms with Crippen molar-refractivity contribution < 1.29 is 19.1 Å². The van der Waals surface area contributed by atoms with E-state index in [0.717, 1.165) is 11.1 Å². The number of ether oxygens (including phenoxy) is 2. The summed E-state index contributed by atoms with van der Waals surface area (Å²) in [6.45, 7) is 5.91. The van der Waals surface area contributed by atoms with Crippen LogP contribution in [0, 0.1) is 0 Å². The van der Waals surface area contributed by atoms with Crippen molar-refractivity contribution in [2.75, 3.05) is 13.2 Å². The van der Waals surface area contributed by atoms with Crippen LogP contribution in [-0.2, 0) is 25.5 Å². The maximum atomic E-state index is 11.4. The second kappa shape index (κ2) is 8.15. The Balaban J connectivity index is 0.000000286. The number of rotatable bonds is 3. The zero-order valence-corrected chi connectivity index (χ0v) is 12.1. The Morgan fingerprint density at radius 2 is 1.75 bits per heavy atom. The SMILES string of the molecule is CCOC(=O)C1=Cc2ccccc2C1.CCOC(C)=O. The maximum Gasteiger partial charge on any atom is 0.334 e. The molecule has 0 aromatic heterocycles. The van der Waals surface area contributed by atoms with Gasteiger partial charge in [0, 0.05) is 18.9 Å². The van der Waals surface area contributed by atoms with Gasteiger partial charge in [0.25, 0.3) is 0 Å². The lowest BCUT2D eigenvalue weighted by Gasteiger charge is -2.00. The molecule has 1 aromatic carbocycles. The number of hydrogen-bond donors (Lipinski definition) is 0. The van der Waals surface area contributed by atoms with Crippen LogP contribution in [0.3, 0.4) is 0 Å². The molecule has 0 atom stereocenters. The first-order chi connectivity index (χ1) is 9.58. The Labute approximate surface area is 119 Å². The molecule has 0 unspecified atom stereocenters. The molecule has 0 saturated carbocycles. The summed E-state index contributed by atoms with van der Waals surface area (Å²) in [5.41, 5.74) is 3.10. The minimum Gasteiger partial charge on any atom is -0.466 e. The molecule has 0 bridgehead atoms. The van der Waals surface area contributed by atoms with Crippen molar-refractivity contribution in [2.45, 2.75) is 27.2 Å². The molecular formula is C16H20O4. The summed E-state index contributed by atoms with van der Waals surface area (Å²) in [4.78, 5) is 21.2. The van der Waals surface area contributed by atoms with Gasteiger partial charge in [-0.3, -0.25) is 4.79 Å². The quantitative estimate of drug-likeness (QED) is 0.797. The van der Waals surface area contributed by atoms with Crippen molar-refractivity contribution in [1.82, 2.24) is 0 Å². The minimum atomic E-state index is -0.211. The van der Waals surface area contributed by atoms with Crippen molar-refractivity contribution in [1.29, 1.82) is 0 Å². The topological polar surface area (TPSA) is 52.6 Å². The monoisotopic (exact) mass is 276 g/mol. The van der Waals surface area contributed by atoms with E-state index in [-0.39, 0.29) is 11.9 Å². The van der Waals surface area contributed by atoms with Gasteiger partial charge in [0.2, 0.25) is 0 Å². The van der Waals surface area contributed by atoms with Crippen molar-refractivity contribution in [3.8, 4) is 0 Å². The van der Waals surface area contributed by atoms with Gasteiger partial charge in [0.15, 0.2) is 0 Å². The van der Waals surface area contributed by atoms with Crippen molar-refractivity contribution in [3.63, 3.8) is 0 Å². The number of carbonyl (C=O) groups is 2. The van der Waals surface area contributed by atoms with Crippen molar-refractivity contribution in [2.24, 2.45) is 0 Å². The first-order valence-electron chi connectivity index (χ1n) is 6.67.